The van der Waals surface area contributed by atoms with Gasteiger partial charge in [0, 0.05) is 10.7 Å². The molecule has 1 aliphatic rings. The maximum Gasteiger partial charge on any atom is 0.319 e. The summed E-state index contributed by atoms with van der Waals surface area (Å²) in [5.74, 6) is -0.395. The molecule has 2 aromatic carbocycles. The highest BCUT2D eigenvalue weighted by atomic mass is 35.5. The van der Waals surface area contributed by atoms with Crippen LogP contribution in [0.5, 0.6) is 0 Å². The number of carbonyl (C=O) groups is 2. The zero-order chi connectivity index (χ0) is 17.8. The van der Waals surface area contributed by atoms with Crippen LogP contribution in [0.2, 0.25) is 10.0 Å². The van der Waals surface area contributed by atoms with Gasteiger partial charge in [0.2, 0.25) is 5.91 Å². The maximum absolute atomic E-state index is 11.9. The number of carbonyl (C=O) groups excluding carboxylic acids is 2. The van der Waals surface area contributed by atoms with E-state index in [4.69, 9.17) is 23.2 Å². The normalized spacial score (nSPS) is 12.4. The first-order valence-electron chi connectivity index (χ1n) is 7.93. The number of fused-ring (bicyclic) bond motifs is 1. The smallest absolute Gasteiger partial charge is 0.319 e. The SMILES string of the molecule is O=C(CNC(=O)Nc1ccc2c(c1)CCC2)Nc1cc(Cl)ccc1Cl. The van der Waals surface area contributed by atoms with E-state index in [0.717, 1.165) is 24.9 Å². The Morgan fingerprint density at radius 1 is 0.960 bits per heavy atom. The number of urea groups is 1. The molecule has 0 aliphatic heterocycles. The third-order valence-corrected chi connectivity index (χ3v) is 4.53. The minimum Gasteiger partial charge on any atom is -0.329 e. The molecule has 0 aromatic heterocycles. The summed E-state index contributed by atoms with van der Waals surface area (Å²) in [6, 6.07) is 10.2. The van der Waals surface area contributed by atoms with Gasteiger partial charge in [-0.05, 0) is 60.7 Å². The number of aryl methyl sites for hydroxylation is 2. The monoisotopic (exact) mass is 377 g/mol. The number of halogens is 2. The van der Waals surface area contributed by atoms with E-state index in [2.05, 4.69) is 16.0 Å². The second-order valence-corrected chi connectivity index (χ2v) is 6.66. The molecular weight excluding hydrogens is 361 g/mol. The molecule has 0 saturated heterocycles. The van der Waals surface area contributed by atoms with Gasteiger partial charge in [-0.2, -0.15) is 0 Å². The van der Waals surface area contributed by atoms with Crippen LogP contribution < -0.4 is 16.0 Å². The predicted octanol–water partition coefficient (Wildman–Crippen LogP) is 4.24. The lowest BCUT2D eigenvalue weighted by atomic mass is 10.1. The van der Waals surface area contributed by atoms with E-state index in [1.165, 1.54) is 11.1 Å². The van der Waals surface area contributed by atoms with Crippen LogP contribution in [0.25, 0.3) is 0 Å². The summed E-state index contributed by atoms with van der Waals surface area (Å²) < 4.78 is 0. The van der Waals surface area contributed by atoms with Crippen molar-refractivity contribution in [1.82, 2.24) is 5.32 Å². The van der Waals surface area contributed by atoms with Crippen LogP contribution in [0.3, 0.4) is 0 Å². The molecule has 0 heterocycles. The fourth-order valence-corrected chi connectivity index (χ4v) is 3.11. The number of hydrogen-bond acceptors (Lipinski definition) is 2. The zero-order valence-electron chi connectivity index (χ0n) is 13.4. The lowest BCUT2D eigenvalue weighted by Gasteiger charge is -2.10. The molecule has 1 aliphatic carbocycles. The lowest BCUT2D eigenvalue weighted by Crippen LogP contribution is -2.35. The van der Waals surface area contributed by atoms with Gasteiger partial charge < -0.3 is 16.0 Å². The number of hydrogen-bond donors (Lipinski definition) is 3. The van der Waals surface area contributed by atoms with Crippen molar-refractivity contribution < 1.29 is 9.59 Å². The van der Waals surface area contributed by atoms with E-state index in [1.54, 1.807) is 18.2 Å². The minimum atomic E-state index is -0.440. The van der Waals surface area contributed by atoms with E-state index in [-0.39, 0.29) is 6.54 Å². The van der Waals surface area contributed by atoms with Gasteiger partial charge in [-0.3, -0.25) is 4.79 Å². The van der Waals surface area contributed by atoms with Crippen LogP contribution in [0.15, 0.2) is 36.4 Å². The molecule has 0 atom stereocenters. The van der Waals surface area contributed by atoms with Gasteiger partial charge in [-0.25, -0.2) is 4.79 Å². The van der Waals surface area contributed by atoms with Crippen LogP contribution >= 0.6 is 23.2 Å². The first kappa shape index (κ1) is 17.6. The Balaban J connectivity index is 1.50. The largest absolute Gasteiger partial charge is 0.329 e. The molecule has 0 fully saturated rings. The van der Waals surface area contributed by atoms with Gasteiger partial charge in [0.15, 0.2) is 0 Å². The van der Waals surface area contributed by atoms with E-state index in [1.807, 2.05) is 18.2 Å². The number of anilines is 2. The third kappa shape index (κ3) is 4.65. The molecule has 3 rings (SSSR count). The molecule has 130 valence electrons. The third-order valence-electron chi connectivity index (χ3n) is 3.97. The first-order valence-corrected chi connectivity index (χ1v) is 8.68. The molecule has 2 aromatic rings. The summed E-state index contributed by atoms with van der Waals surface area (Å²) in [4.78, 5) is 23.9. The summed E-state index contributed by atoms with van der Waals surface area (Å²) in [6.45, 7) is -0.181. The molecule has 3 amide bonds. The van der Waals surface area contributed by atoms with Crippen molar-refractivity contribution in [3.05, 3.63) is 57.6 Å². The maximum atomic E-state index is 11.9. The number of nitrogens with one attached hydrogen (secondary N) is 3. The quantitative estimate of drug-likeness (QED) is 0.745. The molecule has 0 saturated carbocycles. The fourth-order valence-electron chi connectivity index (χ4n) is 2.77. The number of amides is 3. The van der Waals surface area contributed by atoms with Crippen molar-refractivity contribution in [1.29, 1.82) is 0 Å². The Labute approximate surface area is 155 Å². The van der Waals surface area contributed by atoms with Gasteiger partial charge in [-0.15, -0.1) is 0 Å². The van der Waals surface area contributed by atoms with Crippen molar-refractivity contribution in [3.63, 3.8) is 0 Å². The number of benzene rings is 2. The second-order valence-electron chi connectivity index (χ2n) is 5.82. The van der Waals surface area contributed by atoms with Crippen LogP contribution in [0.1, 0.15) is 17.5 Å². The number of rotatable bonds is 4. The van der Waals surface area contributed by atoms with Gasteiger partial charge in [0.25, 0.3) is 0 Å². The molecule has 7 heteroatoms. The van der Waals surface area contributed by atoms with Crippen molar-refractivity contribution in [2.24, 2.45) is 0 Å². The average molecular weight is 378 g/mol. The summed E-state index contributed by atoms with van der Waals surface area (Å²) >= 11 is 11.9. The van der Waals surface area contributed by atoms with Gasteiger partial charge in [0.1, 0.15) is 0 Å². The summed E-state index contributed by atoms with van der Waals surface area (Å²) in [5.41, 5.74) is 3.73. The van der Waals surface area contributed by atoms with Crippen molar-refractivity contribution in [3.8, 4) is 0 Å². The molecule has 5 nitrogen and oxygen atoms in total. The van der Waals surface area contributed by atoms with Crippen LogP contribution in [0, 0.1) is 0 Å². The summed E-state index contributed by atoms with van der Waals surface area (Å²) in [5, 5.41) is 8.69. The van der Waals surface area contributed by atoms with E-state index < -0.39 is 11.9 Å². The van der Waals surface area contributed by atoms with E-state index in [0.29, 0.717) is 15.7 Å². The molecule has 25 heavy (non-hydrogen) atoms. The minimum absolute atomic E-state index is 0.181. The molecular formula is C18H17Cl2N3O2. The van der Waals surface area contributed by atoms with Gasteiger partial charge in [-0.1, -0.05) is 29.3 Å². The topological polar surface area (TPSA) is 70.2 Å². The lowest BCUT2D eigenvalue weighted by molar-refractivity contribution is -0.115. The highest BCUT2D eigenvalue weighted by molar-refractivity contribution is 6.35. The highest BCUT2D eigenvalue weighted by Crippen LogP contribution is 2.26. The fraction of sp³-hybridized carbons (Fsp3) is 0.222. The Morgan fingerprint density at radius 3 is 2.60 bits per heavy atom. The van der Waals surface area contributed by atoms with Gasteiger partial charge >= 0.3 is 6.03 Å². The van der Waals surface area contributed by atoms with E-state index >= 15 is 0 Å². The molecule has 3 N–H and O–H groups in total. The Hall–Kier alpha value is -2.24. The molecule has 0 bridgehead atoms. The molecule has 0 spiro atoms. The predicted molar refractivity (Wildman–Crippen MR) is 101 cm³/mol. The summed E-state index contributed by atoms with van der Waals surface area (Å²) in [6.07, 6.45) is 3.28. The first-order chi connectivity index (χ1) is 12.0. The van der Waals surface area contributed by atoms with Crippen LogP contribution in [0.4, 0.5) is 16.2 Å². The standard InChI is InChI=1S/C18H17Cl2N3O2/c19-13-5-7-15(20)16(9-13)23-17(24)10-21-18(25)22-14-6-4-11-2-1-3-12(11)8-14/h4-9H,1-3,10H2,(H,23,24)(H2,21,22,25). The average Bonchev–Trinajstić information content (AvgIpc) is 3.04. The van der Waals surface area contributed by atoms with E-state index in [9.17, 15) is 9.59 Å². The Bertz CT molecular complexity index is 824. The van der Waals surface area contributed by atoms with Crippen molar-refractivity contribution in [2.75, 3.05) is 17.2 Å². The Kier molecular flexibility index (Phi) is 5.46. The van der Waals surface area contributed by atoms with Crippen LogP contribution in [-0.4, -0.2) is 18.5 Å². The molecule has 0 unspecified atom stereocenters. The van der Waals surface area contributed by atoms with Crippen molar-refractivity contribution in [2.45, 2.75) is 19.3 Å². The second kappa shape index (κ2) is 7.76. The summed E-state index contributed by atoms with van der Waals surface area (Å²) in [7, 11) is 0. The Morgan fingerprint density at radius 2 is 1.76 bits per heavy atom. The highest BCUT2D eigenvalue weighted by Gasteiger charge is 2.12. The zero-order valence-corrected chi connectivity index (χ0v) is 14.9. The van der Waals surface area contributed by atoms with Gasteiger partial charge in [0.05, 0.1) is 17.3 Å². The van der Waals surface area contributed by atoms with Crippen LogP contribution in [-0.2, 0) is 17.6 Å². The molecule has 0 radical (unpaired) electrons. The van der Waals surface area contributed by atoms with Crippen molar-refractivity contribution >= 4 is 46.5 Å².